The highest BCUT2D eigenvalue weighted by Crippen LogP contribution is 2.28. The second-order valence-electron chi connectivity index (χ2n) is 4.98. The Morgan fingerprint density at radius 1 is 1.20 bits per heavy atom. The Labute approximate surface area is 118 Å². The molecule has 0 unspecified atom stereocenters. The maximum absolute atomic E-state index is 11.2. The Bertz CT molecular complexity index is 636. The molecule has 4 heteroatoms. The Morgan fingerprint density at radius 2 is 1.90 bits per heavy atom. The molecule has 0 aliphatic heterocycles. The summed E-state index contributed by atoms with van der Waals surface area (Å²) in [4.78, 5) is 11.2. The number of para-hydroxylation sites is 1. The summed E-state index contributed by atoms with van der Waals surface area (Å²) in [7, 11) is 0. The third-order valence-electron chi connectivity index (χ3n) is 3.15. The number of nitrogens with two attached hydrogens (primary N) is 1. The maximum atomic E-state index is 11.2. The van der Waals surface area contributed by atoms with Crippen LogP contribution in [0, 0.1) is 0 Å². The van der Waals surface area contributed by atoms with Gasteiger partial charge >= 0.3 is 5.97 Å². The summed E-state index contributed by atoms with van der Waals surface area (Å²) < 4.78 is 0. The van der Waals surface area contributed by atoms with Crippen molar-refractivity contribution in [2.75, 3.05) is 11.1 Å². The fraction of sp³-hybridized carbons (Fsp3) is 0.188. The van der Waals surface area contributed by atoms with E-state index in [1.54, 1.807) is 12.1 Å². The zero-order valence-corrected chi connectivity index (χ0v) is 11.6. The van der Waals surface area contributed by atoms with Gasteiger partial charge < -0.3 is 16.2 Å². The van der Waals surface area contributed by atoms with Crippen LogP contribution < -0.4 is 11.1 Å². The molecule has 104 valence electrons. The predicted molar refractivity (Wildman–Crippen MR) is 81.6 cm³/mol. The van der Waals surface area contributed by atoms with E-state index in [0.717, 1.165) is 5.69 Å². The second kappa shape index (κ2) is 5.65. The van der Waals surface area contributed by atoms with E-state index < -0.39 is 5.97 Å². The molecule has 0 radical (unpaired) electrons. The standard InChI is InChI=1S/C16H18N2O2/c1-10(2)11-5-3-6-12(9-11)18-15-13(16(19)20)7-4-8-14(15)17/h3-10,18H,17H2,1-2H3,(H,19,20). The average molecular weight is 270 g/mol. The SMILES string of the molecule is CC(C)c1cccc(Nc2c(N)cccc2C(=O)O)c1. The Balaban J connectivity index is 2.40. The number of hydrogen-bond acceptors (Lipinski definition) is 3. The minimum absolute atomic E-state index is 0.167. The van der Waals surface area contributed by atoms with Gasteiger partial charge in [0.15, 0.2) is 0 Å². The van der Waals surface area contributed by atoms with E-state index in [1.165, 1.54) is 11.6 Å². The predicted octanol–water partition coefficient (Wildman–Crippen LogP) is 3.83. The number of carbonyl (C=O) groups is 1. The molecule has 0 saturated heterocycles. The molecule has 0 fully saturated rings. The molecule has 2 aromatic rings. The quantitative estimate of drug-likeness (QED) is 0.738. The van der Waals surface area contributed by atoms with Crippen molar-refractivity contribution >= 4 is 23.0 Å². The van der Waals surface area contributed by atoms with Gasteiger partial charge in [-0.25, -0.2) is 4.79 Å². The van der Waals surface area contributed by atoms with Crippen molar-refractivity contribution in [1.29, 1.82) is 0 Å². The summed E-state index contributed by atoms with van der Waals surface area (Å²) >= 11 is 0. The van der Waals surface area contributed by atoms with Gasteiger partial charge in [-0.05, 0) is 35.7 Å². The highest BCUT2D eigenvalue weighted by molar-refractivity contribution is 5.98. The van der Waals surface area contributed by atoms with E-state index in [9.17, 15) is 9.90 Å². The van der Waals surface area contributed by atoms with Gasteiger partial charge in [-0.3, -0.25) is 0 Å². The number of nitrogens with one attached hydrogen (secondary N) is 1. The molecule has 20 heavy (non-hydrogen) atoms. The average Bonchev–Trinajstić information content (AvgIpc) is 2.41. The summed E-state index contributed by atoms with van der Waals surface area (Å²) in [6.07, 6.45) is 0. The van der Waals surface area contributed by atoms with Crippen LogP contribution in [0.25, 0.3) is 0 Å². The molecular weight excluding hydrogens is 252 g/mol. The summed E-state index contributed by atoms with van der Waals surface area (Å²) in [5.41, 5.74) is 8.91. The Hall–Kier alpha value is -2.49. The van der Waals surface area contributed by atoms with E-state index in [2.05, 4.69) is 19.2 Å². The normalized spacial score (nSPS) is 10.6. The van der Waals surface area contributed by atoms with Crippen molar-refractivity contribution in [1.82, 2.24) is 0 Å². The molecule has 0 aromatic heterocycles. The van der Waals surface area contributed by atoms with Gasteiger partial charge in [0.1, 0.15) is 0 Å². The topological polar surface area (TPSA) is 75.3 Å². The number of benzene rings is 2. The molecule has 0 atom stereocenters. The van der Waals surface area contributed by atoms with Crippen LogP contribution in [0.4, 0.5) is 17.1 Å². The van der Waals surface area contributed by atoms with Gasteiger partial charge in [-0.1, -0.05) is 32.0 Å². The molecule has 4 N–H and O–H groups in total. The number of nitrogen functional groups attached to an aromatic ring is 1. The van der Waals surface area contributed by atoms with Gasteiger partial charge in [0, 0.05) is 5.69 Å². The van der Waals surface area contributed by atoms with E-state index in [1.807, 2.05) is 24.3 Å². The van der Waals surface area contributed by atoms with Crippen molar-refractivity contribution in [3.8, 4) is 0 Å². The van der Waals surface area contributed by atoms with Crippen LogP contribution in [0.1, 0.15) is 35.7 Å². The molecule has 0 heterocycles. The highest BCUT2D eigenvalue weighted by atomic mass is 16.4. The number of carboxylic acid groups (broad SMARTS) is 1. The van der Waals surface area contributed by atoms with Crippen LogP contribution in [0.2, 0.25) is 0 Å². The number of carboxylic acids is 1. The van der Waals surface area contributed by atoms with Gasteiger partial charge in [0.25, 0.3) is 0 Å². The van der Waals surface area contributed by atoms with Crippen LogP contribution in [0.3, 0.4) is 0 Å². The molecule has 0 amide bonds. The van der Waals surface area contributed by atoms with Crippen molar-refractivity contribution in [3.05, 3.63) is 53.6 Å². The lowest BCUT2D eigenvalue weighted by atomic mass is 10.0. The lowest BCUT2D eigenvalue weighted by Crippen LogP contribution is -2.05. The first-order valence-electron chi connectivity index (χ1n) is 6.48. The second-order valence-corrected chi connectivity index (χ2v) is 4.98. The van der Waals surface area contributed by atoms with E-state index in [-0.39, 0.29) is 5.56 Å². The molecule has 2 aromatic carbocycles. The Morgan fingerprint density at radius 3 is 2.55 bits per heavy atom. The molecule has 2 rings (SSSR count). The number of anilines is 3. The van der Waals surface area contributed by atoms with Crippen LogP contribution >= 0.6 is 0 Å². The first-order valence-corrected chi connectivity index (χ1v) is 6.48. The van der Waals surface area contributed by atoms with E-state index >= 15 is 0 Å². The summed E-state index contributed by atoms with van der Waals surface area (Å²) in [5, 5.41) is 12.3. The molecule has 0 bridgehead atoms. The molecule has 0 aliphatic carbocycles. The third kappa shape index (κ3) is 2.91. The van der Waals surface area contributed by atoms with Crippen molar-refractivity contribution in [2.45, 2.75) is 19.8 Å². The minimum Gasteiger partial charge on any atom is -0.478 e. The molecule has 0 spiro atoms. The number of rotatable bonds is 4. The molecule has 0 saturated carbocycles. The first kappa shape index (κ1) is 13.9. The number of hydrogen-bond donors (Lipinski definition) is 3. The van der Waals surface area contributed by atoms with Crippen molar-refractivity contribution in [2.24, 2.45) is 0 Å². The molecular formula is C16H18N2O2. The Kier molecular flexibility index (Phi) is 3.94. The van der Waals surface area contributed by atoms with Crippen LogP contribution in [0.5, 0.6) is 0 Å². The van der Waals surface area contributed by atoms with Crippen LogP contribution in [-0.2, 0) is 0 Å². The largest absolute Gasteiger partial charge is 0.478 e. The molecule has 4 nitrogen and oxygen atoms in total. The van der Waals surface area contributed by atoms with Crippen molar-refractivity contribution < 1.29 is 9.90 Å². The fourth-order valence-corrected chi connectivity index (χ4v) is 2.01. The zero-order valence-electron chi connectivity index (χ0n) is 11.6. The van der Waals surface area contributed by atoms with E-state index in [0.29, 0.717) is 17.3 Å². The van der Waals surface area contributed by atoms with Crippen LogP contribution in [-0.4, -0.2) is 11.1 Å². The lowest BCUT2D eigenvalue weighted by molar-refractivity contribution is 0.0698. The van der Waals surface area contributed by atoms with Gasteiger partial charge in [-0.2, -0.15) is 0 Å². The highest BCUT2D eigenvalue weighted by Gasteiger charge is 2.13. The summed E-state index contributed by atoms with van der Waals surface area (Å²) in [6.45, 7) is 4.22. The zero-order chi connectivity index (χ0) is 14.7. The van der Waals surface area contributed by atoms with Crippen LogP contribution in [0.15, 0.2) is 42.5 Å². The number of aromatic carboxylic acids is 1. The van der Waals surface area contributed by atoms with Gasteiger partial charge in [0.05, 0.1) is 16.9 Å². The van der Waals surface area contributed by atoms with E-state index in [4.69, 9.17) is 5.73 Å². The smallest absolute Gasteiger partial charge is 0.337 e. The maximum Gasteiger partial charge on any atom is 0.337 e. The summed E-state index contributed by atoms with van der Waals surface area (Å²) in [5.74, 6) is -0.594. The van der Waals surface area contributed by atoms with Gasteiger partial charge in [-0.15, -0.1) is 0 Å². The van der Waals surface area contributed by atoms with Gasteiger partial charge in [0.2, 0.25) is 0 Å². The minimum atomic E-state index is -1.00. The fourth-order valence-electron chi connectivity index (χ4n) is 2.01. The summed E-state index contributed by atoms with van der Waals surface area (Å²) in [6, 6.07) is 12.7. The van der Waals surface area contributed by atoms with Crippen molar-refractivity contribution in [3.63, 3.8) is 0 Å². The monoisotopic (exact) mass is 270 g/mol. The first-order chi connectivity index (χ1) is 9.49. The third-order valence-corrected chi connectivity index (χ3v) is 3.15. The lowest BCUT2D eigenvalue weighted by Gasteiger charge is -2.14. The molecule has 0 aliphatic rings.